The van der Waals surface area contributed by atoms with E-state index in [1.165, 1.54) is 33.9 Å². The smallest absolute Gasteiger partial charge is 0.248 e. The SMILES string of the molecule is COc1cc(C2(C(=O)Nc3cccc(-c4ccc(S(=O)(=O)N5CCC[C@@H]5CO)cc4)n3)CC2)cc2c1OCO2.COc1cc(C2(C(=O)Nc3cccc(-c4ccc(S(=O)(=O)N5CCC[C@@H]5CO)cc4)n3)CC2)ccc1O.Cc1c(-c2ccc(S(N)(=O)=O)cc2)cnc(NC(=O)C2(c3ccc4c(c3)OCO4)CC2)c1C.Cc1cc(NC(=O)C2(c3ccc4c(c3)OCO4)CC2)ncc1-c1ccc(C(N)=O)cc1.[HH].[HH].[HH].[HH].[HH].[HH].[HH].[HH]. The molecular weight excluding hydrogens is 1850 g/mol. The predicted octanol–water partition coefficient (Wildman–Crippen LogP) is 15.5. The molecule has 0 radical (unpaired) electrons. The van der Waals surface area contributed by atoms with Crippen LogP contribution in [0.4, 0.5) is 23.3 Å². The Hall–Kier alpha value is -14.4. The highest BCUT2D eigenvalue weighted by molar-refractivity contribution is 7.89. The molecule has 2 atom stereocenters. The van der Waals surface area contributed by atoms with Gasteiger partial charge < -0.3 is 80.2 Å². The van der Waals surface area contributed by atoms with Gasteiger partial charge >= 0.3 is 0 Å². The summed E-state index contributed by atoms with van der Waals surface area (Å²) in [5.41, 5.74) is 15.5. The summed E-state index contributed by atoms with van der Waals surface area (Å²) in [4.78, 5) is 82.8. The summed E-state index contributed by atoms with van der Waals surface area (Å²) in [6.07, 6.45) is 12.0. The molecule has 5 amide bonds. The molecule has 11 N–H and O–H groups in total. The van der Waals surface area contributed by atoms with Crippen molar-refractivity contribution in [3.05, 3.63) is 263 Å². The number of fused-ring (bicyclic) bond motifs is 3. The van der Waals surface area contributed by atoms with Crippen molar-refractivity contribution >= 4 is 82.9 Å². The number of aliphatic hydroxyl groups is 2. The maximum Gasteiger partial charge on any atom is 0.248 e. The van der Waals surface area contributed by atoms with Crippen molar-refractivity contribution in [2.24, 2.45) is 10.9 Å². The largest absolute Gasteiger partial charge is 0.504 e. The van der Waals surface area contributed by atoms with Gasteiger partial charge in [0.05, 0.1) is 75.2 Å². The summed E-state index contributed by atoms with van der Waals surface area (Å²) < 4.78 is 121. The molecule has 12 aromatic rings. The van der Waals surface area contributed by atoms with Crippen LogP contribution in [0.2, 0.25) is 0 Å². The van der Waals surface area contributed by atoms with E-state index in [0.29, 0.717) is 149 Å². The first-order valence-corrected chi connectivity index (χ1v) is 50.0. The normalized spacial score (nSPS) is 17.6. The predicted molar refractivity (Wildman–Crippen MR) is 535 cm³/mol. The maximum absolute atomic E-state index is 13.4. The van der Waals surface area contributed by atoms with Crippen molar-refractivity contribution in [1.29, 1.82) is 0 Å². The Morgan fingerprint density at radius 1 is 0.443 bits per heavy atom. The zero-order valence-corrected chi connectivity index (χ0v) is 79.5. The standard InChI is InChI=1S/C28H29N3O7S.C27H29N3O6S.C24H23N3O5S.C24H21N3O4.8H2/c1-36-23-14-19(15-24-26(23)38-17-37-24)28(11-12-28)27(33)30-25-6-2-5-22(29-25)18-7-9-21(10-8-18)39(34,35)31-13-3-4-20(31)16-32;1-36-24-16-19(9-12-23(24)32)27(13-14-27)26(33)29-25-6-2-5-22(28-25)18-7-10-21(11-8-18)37(34,35)30-15-3-4-20(30)17-31;1-14-15(2)22(26-12-19(14)16-3-6-18(7-4-16)33(25,29)30)27-23(28)24(9-10-24)17-5-8-20-21(11-17)32-13-31-20;1-14-10-21(26-12-18(14)15-2-4-16(5-3-15)22(25)28)27-23(29)24(8-9-24)17-6-7-19-20(11-17)31-13-30-19;;;;;;;;/h2,5-10,14-15,20,32H,3-4,11-13,16-17H2,1H3,(H,29,30,33);2,5-12,16,20,31-32H,3-4,13-15,17H2,1H3,(H,28,29,33);3-8,11-12H,9-10,13H2,1-2H3,(H2,25,29,30)(H,26,27,28);2-7,10-12H,8-9,13H2,1H3,(H2,25,28)(H,26,27,29);8*1H/t2*20-;;;;;;;;;;/m11........../s1. The molecule has 0 spiro atoms. The topological polar surface area (TPSA) is 480 Å². The number of aliphatic hydroxyl groups excluding tert-OH is 2. The molecule has 21 rings (SSSR count). The van der Waals surface area contributed by atoms with Gasteiger partial charge in [-0.2, -0.15) is 8.61 Å². The van der Waals surface area contributed by atoms with Gasteiger partial charge in [-0.25, -0.2) is 50.3 Å². The molecule has 740 valence electrons. The quantitative estimate of drug-likeness (QED) is 0.0243. The first-order valence-electron chi connectivity index (χ1n) is 45.6. The van der Waals surface area contributed by atoms with Crippen LogP contribution < -0.4 is 70.0 Å². The molecule has 2 saturated heterocycles. The van der Waals surface area contributed by atoms with Crippen LogP contribution in [0.3, 0.4) is 0 Å². The summed E-state index contributed by atoms with van der Waals surface area (Å²) in [6, 6.07) is 57.9. The number of amides is 5. The number of ether oxygens (including phenoxy) is 8. The number of hydrogen-bond donors (Lipinski definition) is 9. The Balaban J connectivity index is 0.000000199. The van der Waals surface area contributed by atoms with Gasteiger partial charge in [0, 0.05) is 76.8 Å². The molecule has 9 aliphatic rings. The number of phenolic OH excluding ortho intramolecular Hbond substituents is 1. The number of primary sulfonamides is 1. The van der Waals surface area contributed by atoms with Crippen molar-refractivity contribution in [2.75, 3.05) is 82.2 Å². The Morgan fingerprint density at radius 3 is 1.32 bits per heavy atom. The van der Waals surface area contributed by atoms with E-state index in [0.717, 1.165) is 99.7 Å². The fourth-order valence-electron chi connectivity index (χ4n) is 18.3. The van der Waals surface area contributed by atoms with Gasteiger partial charge in [-0.1, -0.05) is 78.9 Å². The number of sulfonamides is 3. The monoisotopic (exact) mass is 1970 g/mol. The zero-order chi connectivity index (χ0) is 98.4. The maximum atomic E-state index is 13.4. The molecule has 8 aromatic carbocycles. The second-order valence-corrected chi connectivity index (χ2v) is 41.1. The van der Waals surface area contributed by atoms with Crippen molar-refractivity contribution in [3.8, 4) is 96.5 Å². The second kappa shape index (κ2) is 38.7. The minimum Gasteiger partial charge on any atom is -0.504 e. The van der Waals surface area contributed by atoms with Gasteiger partial charge in [-0.15, -0.1) is 0 Å². The number of benzene rings is 8. The molecule has 37 heteroatoms. The van der Waals surface area contributed by atoms with E-state index in [2.05, 4.69) is 41.2 Å². The number of nitrogens with one attached hydrogen (secondary N) is 4. The Morgan fingerprint density at radius 2 is 0.850 bits per heavy atom. The lowest BCUT2D eigenvalue weighted by Crippen LogP contribution is -2.37. The number of carbonyl (C=O) groups excluding carboxylic acids is 5. The fraction of sp³-hybridized carbons (Fsp3) is 0.291. The van der Waals surface area contributed by atoms with Crippen molar-refractivity contribution in [2.45, 2.75) is 146 Å². The summed E-state index contributed by atoms with van der Waals surface area (Å²) in [6.45, 7) is 6.73. The Labute approximate surface area is 819 Å². The average molecular weight is 1970 g/mol. The number of pyridine rings is 4. The van der Waals surface area contributed by atoms with Crippen LogP contribution in [-0.2, 0) is 70.9 Å². The van der Waals surface area contributed by atoms with E-state index >= 15 is 0 Å². The molecule has 4 saturated carbocycles. The van der Waals surface area contributed by atoms with Gasteiger partial charge in [-0.05, 0) is 275 Å². The number of anilines is 4. The minimum atomic E-state index is -3.75. The van der Waals surface area contributed by atoms with Crippen LogP contribution in [-0.4, -0.2) is 172 Å². The first kappa shape index (κ1) is 95.9. The molecule has 0 unspecified atom stereocenters. The number of methoxy groups -OCH3 is 2. The Kier molecular flexibility index (Phi) is 26.5. The summed E-state index contributed by atoms with van der Waals surface area (Å²) in [5.74, 6) is 5.52. The molecule has 4 aliphatic carbocycles. The van der Waals surface area contributed by atoms with Gasteiger partial charge in [0.15, 0.2) is 46.0 Å². The summed E-state index contributed by atoms with van der Waals surface area (Å²) in [5, 5.41) is 46.0. The number of primary amides is 1. The van der Waals surface area contributed by atoms with Gasteiger partial charge in [0.2, 0.25) is 85.7 Å². The van der Waals surface area contributed by atoms with Crippen molar-refractivity contribution in [3.63, 3.8) is 0 Å². The molecule has 4 aromatic heterocycles. The lowest BCUT2D eigenvalue weighted by molar-refractivity contribution is -0.119. The Bertz CT molecular complexity index is 7270. The summed E-state index contributed by atoms with van der Waals surface area (Å²) >= 11 is 0. The van der Waals surface area contributed by atoms with Crippen LogP contribution >= 0.6 is 0 Å². The number of nitrogens with zero attached hydrogens (tertiary/aromatic N) is 6. The molecule has 6 fully saturated rings. The molecular formula is C103H118N12O22S3. The number of aromatic nitrogens is 4. The third-order valence-electron chi connectivity index (χ3n) is 27.3. The number of aromatic hydroxyl groups is 1. The van der Waals surface area contributed by atoms with E-state index in [4.69, 9.17) is 48.8 Å². The third-order valence-corrected chi connectivity index (χ3v) is 32.2. The highest BCUT2D eigenvalue weighted by atomic mass is 32.2. The number of carbonyl (C=O) groups is 5. The number of nitrogens with two attached hydrogens (primary N) is 2. The lowest BCUT2D eigenvalue weighted by atomic mass is 9.94. The number of aryl methyl sites for hydroxylation is 1. The molecule has 0 bridgehead atoms. The van der Waals surface area contributed by atoms with Crippen LogP contribution in [0, 0.1) is 20.8 Å². The molecule has 140 heavy (non-hydrogen) atoms. The highest BCUT2D eigenvalue weighted by Gasteiger charge is 2.56. The fourth-order valence-corrected chi connectivity index (χ4v) is 22.2. The molecule has 5 aliphatic heterocycles. The number of rotatable bonds is 26. The van der Waals surface area contributed by atoms with Crippen molar-refractivity contribution < 1.29 is 114 Å². The lowest BCUT2D eigenvalue weighted by Gasteiger charge is -2.22. The number of hydrogen-bond acceptors (Lipinski definition) is 26. The molecule has 34 nitrogen and oxygen atoms in total. The second-order valence-electron chi connectivity index (χ2n) is 35.8. The number of phenols is 1. The molecule has 9 heterocycles. The van der Waals surface area contributed by atoms with E-state index in [-0.39, 0.29) is 101 Å². The van der Waals surface area contributed by atoms with Crippen LogP contribution in [0.15, 0.2) is 233 Å². The zero-order valence-electron chi connectivity index (χ0n) is 77.0. The van der Waals surface area contributed by atoms with Gasteiger partial charge in [0.25, 0.3) is 0 Å². The van der Waals surface area contributed by atoms with E-state index in [9.17, 15) is 64.5 Å². The van der Waals surface area contributed by atoms with E-state index < -0.39 is 57.6 Å². The van der Waals surface area contributed by atoms with Gasteiger partial charge in [0.1, 0.15) is 23.3 Å². The van der Waals surface area contributed by atoms with Crippen LogP contribution in [0.5, 0.6) is 51.7 Å². The first-order chi connectivity index (χ1) is 67.3. The third kappa shape index (κ3) is 19.2. The summed E-state index contributed by atoms with van der Waals surface area (Å²) in [7, 11) is -8.13. The highest BCUT2D eigenvalue weighted by Crippen LogP contribution is 2.57. The van der Waals surface area contributed by atoms with E-state index in [1.54, 1.807) is 141 Å². The minimum absolute atomic E-state index is 0. The van der Waals surface area contributed by atoms with E-state index in [1.807, 2.05) is 87.5 Å². The van der Waals surface area contributed by atoms with Crippen LogP contribution in [0.25, 0.3) is 44.8 Å². The van der Waals surface area contributed by atoms with Crippen LogP contribution in [0.1, 0.15) is 138 Å². The average Bonchev–Trinajstić information content (AvgIpc) is 1.59. The van der Waals surface area contributed by atoms with Gasteiger partial charge in [-0.3, -0.25) is 24.0 Å². The van der Waals surface area contributed by atoms with Crippen molar-refractivity contribution in [1.82, 2.24) is 28.5 Å².